The summed E-state index contributed by atoms with van der Waals surface area (Å²) in [6.07, 6.45) is 0.766. The minimum atomic E-state index is -0.965. The average molecular weight is 568 g/mol. The third-order valence-electron chi connectivity index (χ3n) is 7.77. The Labute approximate surface area is 238 Å². The van der Waals surface area contributed by atoms with Crippen LogP contribution in [0.1, 0.15) is 75.3 Å². The van der Waals surface area contributed by atoms with Gasteiger partial charge in [-0.2, -0.15) is 5.26 Å². The van der Waals surface area contributed by atoms with Crippen molar-refractivity contribution in [2.75, 3.05) is 0 Å². The highest BCUT2D eigenvalue weighted by atomic mass is 19.1. The van der Waals surface area contributed by atoms with Crippen LogP contribution in [0.4, 0.5) is 8.78 Å². The van der Waals surface area contributed by atoms with Gasteiger partial charge in [-0.25, -0.2) is 14.2 Å². The second-order valence-electron chi connectivity index (χ2n) is 11.2. The Bertz CT molecular complexity index is 1360. The standard InChI is InChI=1S/C30H35F2N5O4/c1-5-22(29(40)37-23(18-7-6-8-20(31)14-18)10-12-26(37)30(3,4)16-33)34-27(38)19-9-11-24(21(32)15-19)41-25-13-17(2)35-36-28(25)39/h6-9,11,14-15,17,22-23,25-26,35H,5,10,12-13H2,1-4H3,(H,34,38)(H,36,39)/t17?,22-,23+,25?,26-/m1/s1. The minimum Gasteiger partial charge on any atom is -0.477 e. The van der Waals surface area contributed by atoms with Crippen LogP contribution in [0.25, 0.3) is 0 Å². The molecule has 2 aromatic rings. The van der Waals surface area contributed by atoms with Crippen molar-refractivity contribution >= 4 is 17.7 Å². The van der Waals surface area contributed by atoms with Gasteiger partial charge in [0.15, 0.2) is 17.7 Å². The molecule has 41 heavy (non-hydrogen) atoms. The second-order valence-corrected chi connectivity index (χ2v) is 11.2. The van der Waals surface area contributed by atoms with Gasteiger partial charge < -0.3 is 15.0 Å². The number of halogens is 2. The van der Waals surface area contributed by atoms with E-state index in [1.165, 1.54) is 24.3 Å². The summed E-state index contributed by atoms with van der Waals surface area (Å²) in [7, 11) is 0. The van der Waals surface area contributed by atoms with E-state index in [2.05, 4.69) is 22.2 Å². The van der Waals surface area contributed by atoms with Crippen LogP contribution >= 0.6 is 0 Å². The van der Waals surface area contributed by atoms with Crippen molar-refractivity contribution in [3.05, 3.63) is 65.2 Å². The van der Waals surface area contributed by atoms with Gasteiger partial charge in [-0.3, -0.25) is 19.8 Å². The van der Waals surface area contributed by atoms with E-state index < -0.39 is 59.0 Å². The predicted octanol–water partition coefficient (Wildman–Crippen LogP) is 3.92. The van der Waals surface area contributed by atoms with E-state index in [1.54, 1.807) is 37.8 Å². The van der Waals surface area contributed by atoms with Crippen molar-refractivity contribution in [3.8, 4) is 11.8 Å². The Balaban J connectivity index is 1.53. The normalized spacial score (nSPS) is 23.3. The molecule has 0 aromatic heterocycles. The number of hydrogen-bond acceptors (Lipinski definition) is 6. The smallest absolute Gasteiger partial charge is 0.275 e. The first-order valence-corrected chi connectivity index (χ1v) is 13.8. The minimum absolute atomic E-state index is 0.0266. The van der Waals surface area contributed by atoms with Gasteiger partial charge in [0.25, 0.3) is 11.8 Å². The van der Waals surface area contributed by atoms with E-state index in [-0.39, 0.29) is 23.8 Å². The van der Waals surface area contributed by atoms with Crippen molar-refractivity contribution in [1.82, 2.24) is 21.1 Å². The number of carbonyl (C=O) groups is 3. The van der Waals surface area contributed by atoms with Crippen LogP contribution in [-0.2, 0) is 9.59 Å². The Morgan fingerprint density at radius 1 is 1.22 bits per heavy atom. The largest absolute Gasteiger partial charge is 0.477 e. The first-order valence-electron chi connectivity index (χ1n) is 13.8. The lowest BCUT2D eigenvalue weighted by molar-refractivity contribution is -0.138. The van der Waals surface area contributed by atoms with Gasteiger partial charge in [0, 0.05) is 18.0 Å². The zero-order chi connectivity index (χ0) is 29.9. The molecular formula is C30H35F2N5O4. The van der Waals surface area contributed by atoms with E-state index in [9.17, 15) is 28.4 Å². The SMILES string of the molecule is CC[C@@H](NC(=O)c1ccc(OC2CC(C)NNC2=O)c(F)c1)C(=O)N1[C@H](c2cccc(F)c2)CC[C@@H]1C(C)(C)C#N. The molecule has 9 nitrogen and oxygen atoms in total. The van der Waals surface area contributed by atoms with Crippen molar-refractivity contribution < 1.29 is 27.9 Å². The number of nitrogens with zero attached hydrogens (tertiary/aromatic N) is 2. The van der Waals surface area contributed by atoms with Crippen LogP contribution in [0.2, 0.25) is 0 Å². The Morgan fingerprint density at radius 3 is 2.63 bits per heavy atom. The molecule has 0 saturated carbocycles. The van der Waals surface area contributed by atoms with Crippen LogP contribution in [0.3, 0.4) is 0 Å². The number of benzene rings is 2. The van der Waals surface area contributed by atoms with E-state index in [0.717, 1.165) is 6.07 Å². The molecule has 2 aliphatic rings. The Morgan fingerprint density at radius 2 is 1.98 bits per heavy atom. The number of hydrazine groups is 1. The first-order chi connectivity index (χ1) is 19.4. The monoisotopic (exact) mass is 567 g/mol. The predicted molar refractivity (Wildman–Crippen MR) is 146 cm³/mol. The van der Waals surface area contributed by atoms with Gasteiger partial charge in [-0.15, -0.1) is 0 Å². The molecule has 3 amide bonds. The quantitative estimate of drug-likeness (QED) is 0.445. The first kappa shape index (κ1) is 29.9. The molecule has 4 rings (SSSR count). The van der Waals surface area contributed by atoms with Gasteiger partial charge in [-0.1, -0.05) is 19.1 Å². The van der Waals surface area contributed by atoms with E-state index in [1.807, 2.05) is 6.92 Å². The molecule has 2 fully saturated rings. The summed E-state index contributed by atoms with van der Waals surface area (Å²) in [5.41, 5.74) is 4.95. The summed E-state index contributed by atoms with van der Waals surface area (Å²) in [4.78, 5) is 40.7. The molecule has 2 aliphatic heterocycles. The summed E-state index contributed by atoms with van der Waals surface area (Å²) in [6, 6.07) is 10.00. The van der Waals surface area contributed by atoms with E-state index in [4.69, 9.17) is 4.74 Å². The maximum atomic E-state index is 14.9. The Hall–Kier alpha value is -4.04. The zero-order valence-electron chi connectivity index (χ0n) is 23.5. The zero-order valence-corrected chi connectivity index (χ0v) is 23.5. The lowest BCUT2D eigenvalue weighted by Crippen LogP contribution is -2.56. The molecule has 218 valence electrons. The van der Waals surface area contributed by atoms with Gasteiger partial charge in [0.05, 0.1) is 23.6 Å². The van der Waals surface area contributed by atoms with Crippen molar-refractivity contribution in [2.24, 2.45) is 5.41 Å². The van der Waals surface area contributed by atoms with Crippen molar-refractivity contribution in [1.29, 1.82) is 5.26 Å². The maximum Gasteiger partial charge on any atom is 0.275 e. The molecule has 0 aliphatic carbocycles. The summed E-state index contributed by atoms with van der Waals surface area (Å²) in [5.74, 6) is -2.91. The number of likely N-dealkylation sites (tertiary alicyclic amines) is 1. The number of hydrogen-bond donors (Lipinski definition) is 3. The highest BCUT2D eigenvalue weighted by Gasteiger charge is 2.47. The van der Waals surface area contributed by atoms with E-state index in [0.29, 0.717) is 24.8 Å². The number of carbonyl (C=O) groups excluding carboxylic acids is 3. The fourth-order valence-corrected chi connectivity index (χ4v) is 5.46. The van der Waals surface area contributed by atoms with Gasteiger partial charge in [-0.05, 0) is 75.9 Å². The molecule has 11 heteroatoms. The number of nitriles is 1. The number of rotatable bonds is 8. The highest BCUT2D eigenvalue weighted by molar-refractivity contribution is 5.98. The van der Waals surface area contributed by atoms with E-state index >= 15 is 0 Å². The number of amides is 3. The Kier molecular flexibility index (Phi) is 8.92. The summed E-state index contributed by atoms with van der Waals surface area (Å²) in [6.45, 7) is 7.10. The molecule has 2 aromatic carbocycles. The van der Waals surface area contributed by atoms with Crippen LogP contribution < -0.4 is 20.9 Å². The molecule has 0 spiro atoms. The summed E-state index contributed by atoms with van der Waals surface area (Å²) in [5, 5.41) is 12.5. The molecule has 2 heterocycles. The summed E-state index contributed by atoms with van der Waals surface area (Å²) >= 11 is 0. The van der Waals surface area contributed by atoms with Crippen molar-refractivity contribution in [3.63, 3.8) is 0 Å². The van der Waals surface area contributed by atoms with Crippen LogP contribution in [0, 0.1) is 28.4 Å². The second kappa shape index (κ2) is 12.2. The molecule has 0 bridgehead atoms. The summed E-state index contributed by atoms with van der Waals surface area (Å²) < 4.78 is 34.6. The molecular weight excluding hydrogens is 532 g/mol. The average Bonchev–Trinajstić information content (AvgIpc) is 3.40. The van der Waals surface area contributed by atoms with Crippen LogP contribution in [0.5, 0.6) is 5.75 Å². The van der Waals surface area contributed by atoms with Gasteiger partial charge in [0.2, 0.25) is 5.91 Å². The fourth-order valence-electron chi connectivity index (χ4n) is 5.46. The third kappa shape index (κ3) is 6.49. The molecule has 2 saturated heterocycles. The lowest BCUT2D eigenvalue weighted by Gasteiger charge is -2.38. The van der Waals surface area contributed by atoms with Gasteiger partial charge >= 0.3 is 0 Å². The fraction of sp³-hybridized carbons (Fsp3) is 0.467. The maximum absolute atomic E-state index is 14.9. The van der Waals surface area contributed by atoms with Crippen LogP contribution in [0.15, 0.2) is 42.5 Å². The molecule has 3 N–H and O–H groups in total. The van der Waals surface area contributed by atoms with Crippen molar-refractivity contribution in [2.45, 2.75) is 83.6 Å². The highest BCUT2D eigenvalue weighted by Crippen LogP contribution is 2.43. The topological polar surface area (TPSA) is 124 Å². The molecule has 2 unspecified atom stereocenters. The molecule has 5 atom stereocenters. The number of ether oxygens (including phenoxy) is 1. The number of nitrogens with one attached hydrogen (secondary N) is 3. The molecule has 0 radical (unpaired) electrons. The lowest BCUT2D eigenvalue weighted by atomic mass is 9.84. The third-order valence-corrected chi connectivity index (χ3v) is 7.77. The van der Waals surface area contributed by atoms with Gasteiger partial charge in [0.1, 0.15) is 11.9 Å². The van der Waals surface area contributed by atoms with Crippen LogP contribution in [-0.4, -0.2) is 46.9 Å².